The van der Waals surface area contributed by atoms with Crippen molar-refractivity contribution in [3.63, 3.8) is 0 Å². The van der Waals surface area contributed by atoms with Gasteiger partial charge in [0.2, 0.25) is 5.95 Å². The Kier molecular flexibility index (Phi) is 8.09. The largest absolute Gasteiger partial charge is 0.442 e. The lowest BCUT2D eigenvalue weighted by Crippen LogP contribution is -2.35. The van der Waals surface area contributed by atoms with Gasteiger partial charge in [-0.25, -0.2) is 19.2 Å². The van der Waals surface area contributed by atoms with Crippen LogP contribution >= 0.6 is 11.3 Å². The molecule has 4 heterocycles. The lowest BCUT2D eigenvalue weighted by atomic mass is 10.1. The number of carbonyl (C=O) groups excluding carboxylic acids is 1. The molecule has 7 rings (SSSR count). The quantitative estimate of drug-likeness (QED) is 0.180. The molecular formula is C34H38FN7O5S. The van der Waals surface area contributed by atoms with Crippen LogP contribution in [0, 0.1) is 18.7 Å². The molecule has 12 nitrogen and oxygen atoms in total. The molecule has 0 unspecified atom stereocenters. The summed E-state index contributed by atoms with van der Waals surface area (Å²) in [6.07, 6.45) is 0.884. The summed E-state index contributed by atoms with van der Waals surface area (Å²) in [4.78, 5) is 27.2. The Morgan fingerprint density at radius 1 is 1.17 bits per heavy atom. The second kappa shape index (κ2) is 12.0. The van der Waals surface area contributed by atoms with Gasteiger partial charge >= 0.3 is 6.09 Å². The molecule has 3 aromatic heterocycles. The zero-order valence-electron chi connectivity index (χ0n) is 27.6. The SMILES string of the molecule is Cc1nc(NCc2cc3cnn(C(=O)OC(C)(C)C)c3cc2F)nc(N[C@@H]2C[C@H](CO)[C@H]3OC(C)(C)O[C@H]32)c1-c1nc2ccccc2s1. The van der Waals surface area contributed by atoms with Crippen LogP contribution in [-0.2, 0) is 20.8 Å². The Morgan fingerprint density at radius 3 is 2.69 bits per heavy atom. The van der Waals surface area contributed by atoms with Gasteiger partial charge in [-0.3, -0.25) is 0 Å². The van der Waals surface area contributed by atoms with E-state index in [1.165, 1.54) is 12.3 Å². The third-order valence-electron chi connectivity index (χ3n) is 8.48. The van der Waals surface area contributed by atoms with Crippen LogP contribution in [0.5, 0.6) is 0 Å². The zero-order chi connectivity index (χ0) is 34.0. The first-order chi connectivity index (χ1) is 22.8. The highest BCUT2D eigenvalue weighted by Gasteiger charge is 2.54. The summed E-state index contributed by atoms with van der Waals surface area (Å²) in [5.41, 5.74) is 2.25. The van der Waals surface area contributed by atoms with E-state index in [0.29, 0.717) is 40.3 Å². The molecule has 0 bridgehead atoms. The van der Waals surface area contributed by atoms with Gasteiger partial charge in [-0.05, 0) is 66.2 Å². The second-order valence-corrected chi connectivity index (χ2v) is 14.8. The van der Waals surface area contributed by atoms with Crippen LogP contribution in [0.15, 0.2) is 42.6 Å². The van der Waals surface area contributed by atoms with Gasteiger partial charge < -0.3 is 30.0 Å². The van der Waals surface area contributed by atoms with E-state index in [1.54, 1.807) is 38.2 Å². The highest BCUT2D eigenvalue weighted by Crippen LogP contribution is 2.44. The van der Waals surface area contributed by atoms with Crippen molar-refractivity contribution in [3.8, 4) is 10.6 Å². The average molecular weight is 676 g/mol. The molecule has 252 valence electrons. The highest BCUT2D eigenvalue weighted by atomic mass is 32.1. The molecule has 2 aromatic carbocycles. The van der Waals surface area contributed by atoms with Crippen molar-refractivity contribution in [2.75, 3.05) is 17.2 Å². The minimum Gasteiger partial charge on any atom is -0.442 e. The number of aryl methyl sites for hydroxylation is 1. The van der Waals surface area contributed by atoms with Gasteiger partial charge in [-0.1, -0.05) is 12.1 Å². The van der Waals surface area contributed by atoms with E-state index >= 15 is 4.39 Å². The molecule has 0 amide bonds. The third kappa shape index (κ3) is 6.20. The first kappa shape index (κ1) is 32.3. The molecule has 14 heteroatoms. The molecule has 1 saturated carbocycles. The number of halogens is 1. The number of para-hydroxylation sites is 1. The van der Waals surface area contributed by atoms with Crippen molar-refractivity contribution >= 4 is 50.3 Å². The number of carbonyl (C=O) groups is 1. The molecule has 0 radical (unpaired) electrons. The number of aliphatic hydroxyl groups excluding tert-OH is 1. The van der Waals surface area contributed by atoms with Gasteiger partial charge in [-0.15, -0.1) is 11.3 Å². The van der Waals surface area contributed by atoms with E-state index in [2.05, 4.69) is 15.7 Å². The van der Waals surface area contributed by atoms with Crippen LogP contribution in [0.4, 0.5) is 21.0 Å². The molecule has 3 N–H and O–H groups in total. The van der Waals surface area contributed by atoms with Gasteiger partial charge in [0.15, 0.2) is 5.79 Å². The predicted molar refractivity (Wildman–Crippen MR) is 180 cm³/mol. The van der Waals surface area contributed by atoms with Crippen molar-refractivity contribution < 1.29 is 28.5 Å². The average Bonchev–Trinajstić information content (AvgIpc) is 3.76. The molecule has 5 aromatic rings. The summed E-state index contributed by atoms with van der Waals surface area (Å²) < 4.78 is 35.4. The molecule has 0 spiro atoms. The molecule has 2 fully saturated rings. The van der Waals surface area contributed by atoms with E-state index in [4.69, 9.17) is 29.2 Å². The topological polar surface area (TPSA) is 146 Å². The molecule has 4 atom stereocenters. The summed E-state index contributed by atoms with van der Waals surface area (Å²) in [7, 11) is 0. The van der Waals surface area contributed by atoms with Crippen LogP contribution in [0.3, 0.4) is 0 Å². The lowest BCUT2D eigenvalue weighted by molar-refractivity contribution is -0.158. The fraction of sp³-hybridized carbons (Fsp3) is 0.441. The van der Waals surface area contributed by atoms with Crippen molar-refractivity contribution in [2.24, 2.45) is 5.92 Å². The Morgan fingerprint density at radius 2 is 1.94 bits per heavy atom. The Bertz CT molecular complexity index is 1990. The summed E-state index contributed by atoms with van der Waals surface area (Å²) in [6, 6.07) is 10.6. The van der Waals surface area contributed by atoms with E-state index < -0.39 is 23.3 Å². The maximum atomic E-state index is 15.4. The van der Waals surface area contributed by atoms with Gasteiger partial charge in [0.1, 0.15) is 28.3 Å². The molecule has 48 heavy (non-hydrogen) atoms. The van der Waals surface area contributed by atoms with Crippen LogP contribution in [-0.4, -0.2) is 72.2 Å². The molecule has 1 aliphatic heterocycles. The number of aromatic nitrogens is 5. The Balaban J connectivity index is 1.20. The van der Waals surface area contributed by atoms with E-state index in [-0.39, 0.29) is 37.3 Å². The Labute approximate surface area is 280 Å². The number of fused-ring (bicyclic) bond motifs is 3. The summed E-state index contributed by atoms with van der Waals surface area (Å²) in [6.45, 7) is 11.0. The minimum atomic E-state index is -0.776. The van der Waals surface area contributed by atoms with Gasteiger partial charge in [-0.2, -0.15) is 14.8 Å². The van der Waals surface area contributed by atoms with Crippen LogP contribution in [0.1, 0.15) is 52.3 Å². The number of nitrogens with zero attached hydrogens (tertiary/aromatic N) is 5. The number of hydrogen-bond acceptors (Lipinski definition) is 12. The number of anilines is 2. The number of nitrogens with one attached hydrogen (secondary N) is 2. The van der Waals surface area contributed by atoms with Crippen LogP contribution in [0.2, 0.25) is 0 Å². The first-order valence-corrected chi connectivity index (χ1v) is 16.7. The van der Waals surface area contributed by atoms with E-state index in [9.17, 15) is 9.90 Å². The molecule has 1 saturated heterocycles. The second-order valence-electron chi connectivity index (χ2n) is 13.7. The molecular weight excluding hydrogens is 637 g/mol. The smallest absolute Gasteiger partial charge is 0.435 e. The fourth-order valence-corrected chi connectivity index (χ4v) is 7.49. The monoisotopic (exact) mass is 675 g/mol. The van der Waals surface area contributed by atoms with Crippen LogP contribution in [0.25, 0.3) is 31.7 Å². The van der Waals surface area contributed by atoms with E-state index in [1.807, 2.05) is 45.0 Å². The van der Waals surface area contributed by atoms with Crippen LogP contribution < -0.4 is 10.6 Å². The minimum absolute atomic E-state index is 0.0221. The predicted octanol–water partition coefficient (Wildman–Crippen LogP) is 6.26. The lowest BCUT2D eigenvalue weighted by Gasteiger charge is -2.25. The van der Waals surface area contributed by atoms with Crippen molar-refractivity contribution in [1.29, 1.82) is 0 Å². The number of hydrogen-bond donors (Lipinski definition) is 3. The molecule has 2 aliphatic rings. The first-order valence-electron chi connectivity index (χ1n) is 15.9. The number of benzene rings is 2. The number of thiazole rings is 1. The summed E-state index contributed by atoms with van der Waals surface area (Å²) in [5, 5.41) is 22.4. The van der Waals surface area contributed by atoms with Gasteiger partial charge in [0.25, 0.3) is 0 Å². The summed E-state index contributed by atoms with van der Waals surface area (Å²) >= 11 is 1.55. The van der Waals surface area contributed by atoms with Crippen molar-refractivity contribution in [3.05, 3.63) is 59.7 Å². The Hall–Kier alpha value is -4.24. The van der Waals surface area contributed by atoms with Gasteiger partial charge in [0.05, 0.1) is 45.3 Å². The number of ether oxygens (including phenoxy) is 3. The number of aliphatic hydroxyl groups is 1. The maximum absolute atomic E-state index is 15.4. The summed E-state index contributed by atoms with van der Waals surface area (Å²) in [5.74, 6) is -0.551. The fourth-order valence-electron chi connectivity index (χ4n) is 6.43. The highest BCUT2D eigenvalue weighted by molar-refractivity contribution is 7.21. The van der Waals surface area contributed by atoms with Crippen molar-refractivity contribution in [2.45, 2.75) is 84.1 Å². The van der Waals surface area contributed by atoms with Gasteiger partial charge in [0, 0.05) is 36.1 Å². The standard InChI is InChI=1S/C34H38FN7O5S/c1-17-26(30-40-22-9-7-8-10-25(22)48-30)29(39-23-12-20(16-43)27-28(23)46-34(5,6)45-27)41-31(38-17)36-14-18-11-19-15-37-42(24(19)13-21(18)35)32(44)47-33(2,3)4/h7-11,13,15,20,23,27-28,43H,12,14,16H2,1-6H3,(H2,36,38,39,41)/t20-,23-,27-,28+/m1/s1. The maximum Gasteiger partial charge on any atom is 0.435 e. The van der Waals surface area contributed by atoms with E-state index in [0.717, 1.165) is 25.5 Å². The third-order valence-corrected chi connectivity index (χ3v) is 9.53. The molecule has 1 aliphatic carbocycles. The zero-order valence-corrected chi connectivity index (χ0v) is 28.4. The number of rotatable bonds is 7. The normalized spacial score (nSPS) is 21.9. The van der Waals surface area contributed by atoms with Crippen molar-refractivity contribution in [1.82, 2.24) is 24.7 Å².